The van der Waals surface area contributed by atoms with Gasteiger partial charge in [0.05, 0.1) is 13.4 Å². The predicted molar refractivity (Wildman–Crippen MR) is 133 cm³/mol. The van der Waals surface area contributed by atoms with Crippen molar-refractivity contribution in [3.63, 3.8) is 0 Å². The van der Waals surface area contributed by atoms with Crippen LogP contribution in [0.1, 0.15) is 19.3 Å². The van der Waals surface area contributed by atoms with Crippen molar-refractivity contribution in [1.29, 1.82) is 0 Å². The van der Waals surface area contributed by atoms with Crippen LogP contribution < -0.4 is 10.2 Å². The first-order valence-electron chi connectivity index (χ1n) is 11.4. The summed E-state index contributed by atoms with van der Waals surface area (Å²) in [5, 5.41) is 0. The number of amides is 1. The molecule has 11 nitrogen and oxygen atoms in total. The Kier molecular flexibility index (Phi) is 8.34. The summed E-state index contributed by atoms with van der Waals surface area (Å²) in [6, 6.07) is 9.11. The number of methoxy groups -OCH3 is 1. The van der Waals surface area contributed by atoms with Crippen molar-refractivity contribution in [1.82, 2.24) is 14.1 Å². The van der Waals surface area contributed by atoms with Gasteiger partial charge in [-0.1, -0.05) is 12.1 Å². The fraction of sp³-hybridized carbons (Fsp3) is 0.500. The van der Waals surface area contributed by atoms with Crippen molar-refractivity contribution in [2.75, 3.05) is 39.6 Å². The van der Waals surface area contributed by atoms with Gasteiger partial charge >= 0.3 is 0 Å². The maximum atomic E-state index is 13.6. The second kappa shape index (κ2) is 11.1. The number of carbonyl (C=O) groups is 1. The summed E-state index contributed by atoms with van der Waals surface area (Å²) in [6.07, 6.45) is 2.75. The highest BCUT2D eigenvalue weighted by molar-refractivity contribution is 7.91. The molecule has 2 aliphatic heterocycles. The molecule has 1 aromatic heterocycles. The van der Waals surface area contributed by atoms with Gasteiger partial charge < -0.3 is 9.47 Å². The lowest BCUT2D eigenvalue weighted by Crippen LogP contribution is -2.61. The van der Waals surface area contributed by atoms with Crippen molar-refractivity contribution in [3.05, 3.63) is 36.4 Å². The van der Waals surface area contributed by atoms with Gasteiger partial charge in [-0.15, -0.1) is 11.3 Å². The average molecular weight is 560 g/mol. The first-order chi connectivity index (χ1) is 17.1. The molecule has 14 heteroatoms. The maximum absolute atomic E-state index is 13.6. The van der Waals surface area contributed by atoms with E-state index in [0.29, 0.717) is 23.7 Å². The number of thiophene rings is 1. The molecule has 36 heavy (non-hydrogen) atoms. The molecule has 0 saturated carbocycles. The van der Waals surface area contributed by atoms with E-state index in [1.165, 1.54) is 6.07 Å². The van der Waals surface area contributed by atoms with Gasteiger partial charge in [0, 0.05) is 37.5 Å². The molecule has 0 spiro atoms. The molecule has 1 aromatic carbocycles. The van der Waals surface area contributed by atoms with Gasteiger partial charge in [0.15, 0.2) is 6.29 Å². The Labute approximate surface area is 215 Å². The maximum Gasteiger partial charge on any atom is 0.263 e. The number of hydroxylamine groups is 1. The number of sulfonamides is 2. The van der Waals surface area contributed by atoms with Crippen LogP contribution in [-0.4, -0.2) is 83.3 Å². The Morgan fingerprint density at radius 3 is 2.64 bits per heavy atom. The number of nitrogens with zero attached hydrogens (tertiary/aromatic N) is 2. The quantitative estimate of drug-likeness (QED) is 0.483. The van der Waals surface area contributed by atoms with Crippen molar-refractivity contribution >= 4 is 37.3 Å². The largest absolute Gasteiger partial charge is 0.497 e. The van der Waals surface area contributed by atoms with E-state index < -0.39 is 38.3 Å². The van der Waals surface area contributed by atoms with E-state index in [4.69, 9.17) is 14.3 Å². The number of piperazine rings is 1. The van der Waals surface area contributed by atoms with Crippen LogP contribution in [0.25, 0.3) is 10.4 Å². The molecule has 198 valence electrons. The summed E-state index contributed by atoms with van der Waals surface area (Å²) in [5.41, 5.74) is 3.08. The zero-order valence-corrected chi connectivity index (χ0v) is 22.4. The first-order valence-corrected chi connectivity index (χ1v) is 15.5. The highest BCUT2D eigenvalue weighted by Gasteiger charge is 2.43. The smallest absolute Gasteiger partial charge is 0.263 e. The second-order valence-electron chi connectivity index (χ2n) is 8.48. The van der Waals surface area contributed by atoms with Gasteiger partial charge in [-0.3, -0.25) is 4.79 Å². The predicted octanol–water partition coefficient (Wildman–Crippen LogP) is 1.63. The molecular formula is C22H29N3O8S3. The molecule has 1 unspecified atom stereocenters. The third-order valence-electron chi connectivity index (χ3n) is 5.99. The van der Waals surface area contributed by atoms with Gasteiger partial charge in [0.25, 0.3) is 15.9 Å². The summed E-state index contributed by atoms with van der Waals surface area (Å²) < 4.78 is 64.4. The number of rotatable bonds is 8. The van der Waals surface area contributed by atoms with Gasteiger partial charge in [-0.25, -0.2) is 27.2 Å². The number of hydrogen-bond donors (Lipinski definition) is 1. The fourth-order valence-electron chi connectivity index (χ4n) is 4.05. The molecule has 1 amide bonds. The van der Waals surface area contributed by atoms with E-state index in [2.05, 4.69) is 5.48 Å². The number of nitrogens with one attached hydrogen (secondary N) is 1. The lowest BCUT2D eigenvalue weighted by molar-refractivity contribution is -0.202. The fourth-order valence-corrected chi connectivity index (χ4v) is 7.87. The SMILES string of the molecule is COc1cccc(-c2ccc(S(=O)(=O)N3CCN(S(C)(=O)=O)C[C@@H]3C(=O)NOC3CCCCO3)s2)c1. The number of ether oxygens (including phenoxy) is 2. The molecule has 0 radical (unpaired) electrons. The monoisotopic (exact) mass is 559 g/mol. The zero-order chi connectivity index (χ0) is 25.9. The minimum absolute atomic E-state index is 0.0439. The zero-order valence-electron chi connectivity index (χ0n) is 20.0. The second-order valence-corrected chi connectivity index (χ2v) is 13.7. The van der Waals surface area contributed by atoms with Crippen LogP contribution >= 0.6 is 11.3 Å². The van der Waals surface area contributed by atoms with E-state index in [9.17, 15) is 21.6 Å². The van der Waals surface area contributed by atoms with Crippen molar-refractivity contribution < 1.29 is 35.9 Å². The van der Waals surface area contributed by atoms with Crippen LogP contribution in [0.3, 0.4) is 0 Å². The Morgan fingerprint density at radius 1 is 1.14 bits per heavy atom. The first kappa shape index (κ1) is 27.0. The molecular weight excluding hydrogens is 530 g/mol. The molecule has 2 fully saturated rings. The third kappa shape index (κ3) is 6.07. The van der Waals surface area contributed by atoms with Gasteiger partial charge in [-0.05, 0) is 42.7 Å². The summed E-state index contributed by atoms with van der Waals surface area (Å²) in [5.74, 6) is -0.119. The normalized spacial score (nSPS) is 22.3. The van der Waals surface area contributed by atoms with E-state index in [1.807, 2.05) is 12.1 Å². The molecule has 2 saturated heterocycles. The van der Waals surface area contributed by atoms with Crippen LogP contribution in [0.2, 0.25) is 0 Å². The van der Waals surface area contributed by atoms with E-state index in [-0.39, 0.29) is 23.8 Å². The van der Waals surface area contributed by atoms with Gasteiger partial charge in [0.2, 0.25) is 10.0 Å². The number of hydrogen-bond acceptors (Lipinski definition) is 9. The van der Waals surface area contributed by atoms with Gasteiger partial charge in [-0.2, -0.15) is 8.61 Å². The van der Waals surface area contributed by atoms with Crippen LogP contribution in [-0.2, 0) is 34.4 Å². The average Bonchev–Trinajstić information content (AvgIpc) is 3.38. The Hall–Kier alpha value is -2.07. The number of benzene rings is 1. The topological polar surface area (TPSA) is 132 Å². The molecule has 2 atom stereocenters. The summed E-state index contributed by atoms with van der Waals surface area (Å²) in [4.78, 5) is 19.1. The molecule has 1 N–H and O–H groups in total. The molecule has 3 heterocycles. The Balaban J connectivity index is 1.57. The highest BCUT2D eigenvalue weighted by atomic mass is 32.2. The van der Waals surface area contributed by atoms with Crippen LogP contribution in [0.5, 0.6) is 5.75 Å². The van der Waals surface area contributed by atoms with E-state index >= 15 is 0 Å². The lowest BCUT2D eigenvalue weighted by Gasteiger charge is -2.38. The molecule has 0 aliphatic carbocycles. The summed E-state index contributed by atoms with van der Waals surface area (Å²) in [6.45, 7) is -0.0738. The lowest BCUT2D eigenvalue weighted by atomic mass is 10.2. The Morgan fingerprint density at radius 2 is 1.94 bits per heavy atom. The minimum Gasteiger partial charge on any atom is -0.497 e. The van der Waals surface area contributed by atoms with Crippen molar-refractivity contribution in [2.24, 2.45) is 0 Å². The highest BCUT2D eigenvalue weighted by Crippen LogP contribution is 2.35. The number of carbonyl (C=O) groups excluding carboxylic acids is 1. The standard InChI is InChI=1S/C22H29N3O8S3/c1-31-17-7-5-6-16(14-17)19-9-10-21(34-19)36(29,30)25-12-11-24(35(2,27)28)15-18(25)22(26)23-33-20-8-3-4-13-32-20/h5-7,9-10,14,18,20H,3-4,8,11-13,15H2,1-2H3,(H,23,26)/t18-,20?/m1/s1. The van der Waals surface area contributed by atoms with Gasteiger partial charge in [0.1, 0.15) is 16.0 Å². The third-order valence-corrected chi connectivity index (χ3v) is 10.8. The van der Waals surface area contributed by atoms with E-state index in [0.717, 1.165) is 44.6 Å². The van der Waals surface area contributed by atoms with Crippen molar-refractivity contribution in [3.8, 4) is 16.2 Å². The molecule has 4 rings (SSSR count). The summed E-state index contributed by atoms with van der Waals surface area (Å²) in [7, 11) is -6.21. The van der Waals surface area contributed by atoms with Crippen LogP contribution in [0, 0.1) is 0 Å². The van der Waals surface area contributed by atoms with Crippen molar-refractivity contribution in [2.45, 2.75) is 35.8 Å². The van der Waals surface area contributed by atoms with Crippen LogP contribution in [0.15, 0.2) is 40.6 Å². The molecule has 2 aromatic rings. The molecule has 0 bridgehead atoms. The van der Waals surface area contributed by atoms with E-state index in [1.54, 1.807) is 25.3 Å². The Bertz CT molecular complexity index is 1290. The minimum atomic E-state index is -4.12. The molecule has 2 aliphatic rings. The van der Waals surface area contributed by atoms with Crippen LogP contribution in [0.4, 0.5) is 0 Å². The summed E-state index contributed by atoms with van der Waals surface area (Å²) >= 11 is 1.06.